The number of hydrogen-bond acceptors (Lipinski definition) is 4. The molecule has 98 valence electrons. The molecule has 0 aliphatic rings. The second kappa shape index (κ2) is 5.71. The average Bonchev–Trinajstić information content (AvgIpc) is 2.42. The first-order valence-corrected chi connectivity index (χ1v) is 6.17. The van der Waals surface area contributed by atoms with Gasteiger partial charge in [-0.3, -0.25) is 9.78 Å². The first-order valence-electron chi connectivity index (χ1n) is 5.79. The van der Waals surface area contributed by atoms with Gasteiger partial charge in [0, 0.05) is 17.3 Å². The monoisotopic (exact) mass is 276 g/mol. The molecule has 1 heterocycles. The number of pyridine rings is 1. The SMILES string of the molecule is CCOc1cncc(C(=O)c2ccc(Cl)c(N)c2)c1. The minimum absolute atomic E-state index is 0.169. The molecule has 0 radical (unpaired) electrons. The van der Waals surface area contributed by atoms with Gasteiger partial charge in [0.2, 0.25) is 0 Å². The van der Waals surface area contributed by atoms with Crippen LogP contribution in [-0.4, -0.2) is 17.4 Å². The van der Waals surface area contributed by atoms with Crippen LogP contribution in [-0.2, 0) is 0 Å². The van der Waals surface area contributed by atoms with Crippen molar-refractivity contribution < 1.29 is 9.53 Å². The minimum atomic E-state index is -0.169. The Balaban J connectivity index is 2.32. The van der Waals surface area contributed by atoms with E-state index in [0.29, 0.717) is 34.2 Å². The summed E-state index contributed by atoms with van der Waals surface area (Å²) in [6.45, 7) is 2.39. The van der Waals surface area contributed by atoms with Gasteiger partial charge in [0.05, 0.1) is 23.5 Å². The number of anilines is 1. The number of aromatic nitrogens is 1. The second-order valence-electron chi connectivity index (χ2n) is 3.91. The summed E-state index contributed by atoms with van der Waals surface area (Å²) in [5.74, 6) is 0.396. The highest BCUT2D eigenvalue weighted by atomic mass is 35.5. The van der Waals surface area contributed by atoms with Gasteiger partial charge in [-0.1, -0.05) is 11.6 Å². The summed E-state index contributed by atoms with van der Waals surface area (Å²) in [5, 5.41) is 0.428. The molecule has 0 amide bonds. The van der Waals surface area contributed by atoms with Crippen LogP contribution in [0, 0.1) is 0 Å². The van der Waals surface area contributed by atoms with Crippen LogP contribution in [0.3, 0.4) is 0 Å². The van der Waals surface area contributed by atoms with Gasteiger partial charge < -0.3 is 10.5 Å². The lowest BCUT2D eigenvalue weighted by atomic mass is 10.0. The normalized spacial score (nSPS) is 10.2. The van der Waals surface area contributed by atoms with Gasteiger partial charge in [-0.05, 0) is 31.2 Å². The lowest BCUT2D eigenvalue weighted by molar-refractivity contribution is 0.103. The predicted molar refractivity (Wildman–Crippen MR) is 74.7 cm³/mol. The Hall–Kier alpha value is -2.07. The molecular weight excluding hydrogens is 264 g/mol. The number of benzene rings is 1. The zero-order valence-corrected chi connectivity index (χ0v) is 11.1. The van der Waals surface area contributed by atoms with Crippen molar-refractivity contribution >= 4 is 23.1 Å². The van der Waals surface area contributed by atoms with E-state index in [1.807, 2.05) is 6.92 Å². The Bertz CT molecular complexity index is 614. The Kier molecular flexibility index (Phi) is 4.02. The molecule has 0 bridgehead atoms. The number of hydrogen-bond donors (Lipinski definition) is 1. The number of carbonyl (C=O) groups is 1. The standard InChI is InChI=1S/C14H13ClN2O2/c1-2-19-11-5-10(7-17-8-11)14(18)9-3-4-12(15)13(16)6-9/h3-8H,2,16H2,1H3. The van der Waals surface area contributed by atoms with Crippen LogP contribution in [0.2, 0.25) is 5.02 Å². The van der Waals surface area contributed by atoms with Crippen molar-refractivity contribution in [1.29, 1.82) is 0 Å². The smallest absolute Gasteiger partial charge is 0.194 e. The highest BCUT2D eigenvalue weighted by Gasteiger charge is 2.11. The highest BCUT2D eigenvalue weighted by Crippen LogP contribution is 2.22. The van der Waals surface area contributed by atoms with E-state index >= 15 is 0 Å². The average molecular weight is 277 g/mol. The van der Waals surface area contributed by atoms with Crippen LogP contribution in [0.15, 0.2) is 36.7 Å². The van der Waals surface area contributed by atoms with Gasteiger partial charge in [-0.25, -0.2) is 0 Å². The molecule has 0 aliphatic carbocycles. The minimum Gasteiger partial charge on any atom is -0.492 e. The number of halogens is 1. The molecule has 2 aromatic rings. The first kappa shape index (κ1) is 13.4. The molecule has 5 heteroatoms. The van der Waals surface area contributed by atoms with Crippen LogP contribution < -0.4 is 10.5 Å². The van der Waals surface area contributed by atoms with Crippen molar-refractivity contribution in [2.45, 2.75) is 6.92 Å². The second-order valence-corrected chi connectivity index (χ2v) is 4.31. The molecule has 0 atom stereocenters. The van der Waals surface area contributed by atoms with Crippen LogP contribution in [0.5, 0.6) is 5.75 Å². The molecular formula is C14H13ClN2O2. The molecule has 2 N–H and O–H groups in total. The van der Waals surface area contributed by atoms with Crippen molar-refractivity contribution in [1.82, 2.24) is 4.98 Å². The predicted octanol–water partition coefficient (Wildman–Crippen LogP) is 2.95. The van der Waals surface area contributed by atoms with Crippen LogP contribution in [0.4, 0.5) is 5.69 Å². The summed E-state index contributed by atoms with van der Waals surface area (Å²) in [5.41, 5.74) is 6.99. The van der Waals surface area contributed by atoms with Crippen LogP contribution in [0.25, 0.3) is 0 Å². The fourth-order valence-corrected chi connectivity index (χ4v) is 1.76. The molecule has 2 rings (SSSR count). The molecule has 0 unspecified atom stereocenters. The maximum atomic E-state index is 12.3. The van der Waals surface area contributed by atoms with Gasteiger partial charge in [0.1, 0.15) is 5.75 Å². The Morgan fingerprint density at radius 1 is 1.32 bits per heavy atom. The third kappa shape index (κ3) is 3.03. The van der Waals surface area contributed by atoms with E-state index in [9.17, 15) is 4.79 Å². The maximum Gasteiger partial charge on any atom is 0.194 e. The molecule has 0 saturated heterocycles. The summed E-state index contributed by atoms with van der Waals surface area (Å²) in [4.78, 5) is 16.3. The number of nitrogens with two attached hydrogens (primary N) is 1. The summed E-state index contributed by atoms with van der Waals surface area (Å²) in [6.07, 6.45) is 3.06. The Labute approximate surface area is 116 Å². The van der Waals surface area contributed by atoms with Crippen molar-refractivity contribution in [2.24, 2.45) is 0 Å². The number of nitrogen functional groups attached to an aromatic ring is 1. The zero-order chi connectivity index (χ0) is 13.8. The molecule has 0 fully saturated rings. The van der Waals surface area contributed by atoms with E-state index in [1.165, 1.54) is 6.20 Å². The van der Waals surface area contributed by atoms with Crippen LogP contribution >= 0.6 is 11.6 Å². The van der Waals surface area contributed by atoms with E-state index in [4.69, 9.17) is 22.1 Å². The van der Waals surface area contributed by atoms with Gasteiger partial charge >= 0.3 is 0 Å². The molecule has 4 nitrogen and oxygen atoms in total. The lowest BCUT2D eigenvalue weighted by Gasteiger charge is -2.06. The van der Waals surface area contributed by atoms with Crippen LogP contribution in [0.1, 0.15) is 22.8 Å². The number of rotatable bonds is 4. The third-order valence-electron chi connectivity index (χ3n) is 2.54. The number of ketones is 1. The van der Waals surface area contributed by atoms with E-state index < -0.39 is 0 Å². The molecule has 1 aromatic carbocycles. The van der Waals surface area contributed by atoms with E-state index in [1.54, 1.807) is 30.5 Å². The van der Waals surface area contributed by atoms with Crippen molar-refractivity contribution in [3.05, 3.63) is 52.8 Å². The summed E-state index contributed by atoms with van der Waals surface area (Å²) >= 11 is 5.83. The number of nitrogens with zero attached hydrogens (tertiary/aromatic N) is 1. The Morgan fingerprint density at radius 3 is 2.79 bits per heavy atom. The molecule has 19 heavy (non-hydrogen) atoms. The topological polar surface area (TPSA) is 65.2 Å². The molecule has 0 saturated carbocycles. The third-order valence-corrected chi connectivity index (χ3v) is 2.89. The van der Waals surface area contributed by atoms with Gasteiger partial charge in [-0.2, -0.15) is 0 Å². The number of ether oxygens (including phenoxy) is 1. The first-order chi connectivity index (χ1) is 9.11. The van der Waals surface area contributed by atoms with Gasteiger partial charge in [-0.15, -0.1) is 0 Å². The quantitative estimate of drug-likeness (QED) is 0.689. The fraction of sp³-hybridized carbons (Fsp3) is 0.143. The highest BCUT2D eigenvalue weighted by molar-refractivity contribution is 6.33. The summed E-state index contributed by atoms with van der Waals surface area (Å²) < 4.78 is 5.31. The maximum absolute atomic E-state index is 12.3. The van der Waals surface area contributed by atoms with E-state index in [-0.39, 0.29) is 5.78 Å². The van der Waals surface area contributed by atoms with Gasteiger partial charge in [0.25, 0.3) is 0 Å². The molecule has 0 aliphatic heterocycles. The molecule has 0 spiro atoms. The van der Waals surface area contributed by atoms with E-state index in [0.717, 1.165) is 0 Å². The van der Waals surface area contributed by atoms with Gasteiger partial charge in [0.15, 0.2) is 5.78 Å². The van der Waals surface area contributed by atoms with Crippen molar-refractivity contribution in [2.75, 3.05) is 12.3 Å². The summed E-state index contributed by atoms with van der Waals surface area (Å²) in [6, 6.07) is 6.44. The van der Waals surface area contributed by atoms with Crippen molar-refractivity contribution in [3.8, 4) is 5.75 Å². The summed E-state index contributed by atoms with van der Waals surface area (Å²) in [7, 11) is 0. The number of carbonyl (C=O) groups excluding carboxylic acids is 1. The fourth-order valence-electron chi connectivity index (χ4n) is 1.64. The largest absolute Gasteiger partial charge is 0.492 e. The van der Waals surface area contributed by atoms with Crippen molar-refractivity contribution in [3.63, 3.8) is 0 Å². The lowest BCUT2D eigenvalue weighted by Crippen LogP contribution is -2.04. The van der Waals surface area contributed by atoms with E-state index in [2.05, 4.69) is 4.98 Å². The molecule has 1 aromatic heterocycles. The Morgan fingerprint density at radius 2 is 2.11 bits per heavy atom. The zero-order valence-electron chi connectivity index (χ0n) is 10.4.